The second kappa shape index (κ2) is 5.71. The zero-order chi connectivity index (χ0) is 14.8. The fourth-order valence-corrected chi connectivity index (χ4v) is 2.71. The van der Waals surface area contributed by atoms with Crippen molar-refractivity contribution in [3.63, 3.8) is 0 Å². The van der Waals surface area contributed by atoms with E-state index in [0.717, 1.165) is 22.6 Å². The van der Waals surface area contributed by atoms with Gasteiger partial charge < -0.3 is 10.3 Å². The summed E-state index contributed by atoms with van der Waals surface area (Å²) >= 11 is 1.49. The van der Waals surface area contributed by atoms with Crippen LogP contribution in [0.15, 0.2) is 28.4 Å². The van der Waals surface area contributed by atoms with E-state index in [1.54, 1.807) is 6.20 Å². The summed E-state index contributed by atoms with van der Waals surface area (Å²) < 4.78 is 5.32. The summed E-state index contributed by atoms with van der Waals surface area (Å²) in [6.45, 7) is 3.96. The summed E-state index contributed by atoms with van der Waals surface area (Å²) in [4.78, 5) is 13.0. The monoisotopic (exact) mass is 301 g/mol. The van der Waals surface area contributed by atoms with Gasteiger partial charge in [-0.05, 0) is 25.0 Å². The Hall–Kier alpha value is -2.12. The molecular weight excluding hydrogens is 286 g/mol. The minimum absolute atomic E-state index is 0.0990. The first kappa shape index (κ1) is 13.8. The number of hydrogen-bond donors (Lipinski definition) is 1. The summed E-state index contributed by atoms with van der Waals surface area (Å²) in [6.07, 6.45) is 4.41. The molecule has 0 bridgehead atoms. The van der Waals surface area contributed by atoms with Gasteiger partial charge in [-0.15, -0.1) is 11.3 Å². The van der Waals surface area contributed by atoms with Crippen LogP contribution < -0.4 is 5.73 Å². The van der Waals surface area contributed by atoms with Gasteiger partial charge in [-0.1, -0.05) is 12.1 Å². The van der Waals surface area contributed by atoms with Gasteiger partial charge in [0.05, 0.1) is 6.04 Å². The van der Waals surface area contributed by atoms with Crippen molar-refractivity contribution < 1.29 is 4.52 Å². The molecule has 0 saturated heterocycles. The fourth-order valence-electron chi connectivity index (χ4n) is 1.96. The highest BCUT2D eigenvalue weighted by molar-refractivity contribution is 7.10. The Morgan fingerprint density at radius 1 is 1.38 bits per heavy atom. The molecule has 0 amide bonds. The molecule has 0 fully saturated rings. The van der Waals surface area contributed by atoms with Crippen LogP contribution in [0, 0.1) is 0 Å². The van der Waals surface area contributed by atoms with Gasteiger partial charge in [0.25, 0.3) is 5.89 Å². The predicted octanol–water partition coefficient (Wildman–Crippen LogP) is 2.84. The van der Waals surface area contributed by atoms with Crippen molar-refractivity contribution in [3.05, 3.63) is 34.4 Å². The number of hydrogen-bond acceptors (Lipinski definition) is 7. The Bertz CT molecular complexity index is 749. The van der Waals surface area contributed by atoms with E-state index in [4.69, 9.17) is 10.3 Å². The third kappa shape index (κ3) is 2.70. The SMILES string of the molecule is CCc1cnccc1-c1noc(-c2csc(C(C)N)n2)n1. The van der Waals surface area contributed by atoms with E-state index < -0.39 is 0 Å². The second-order valence-corrected chi connectivity index (χ2v) is 5.56. The van der Waals surface area contributed by atoms with Crippen LogP contribution in [-0.2, 0) is 6.42 Å². The molecule has 1 unspecified atom stereocenters. The van der Waals surface area contributed by atoms with E-state index in [2.05, 4.69) is 27.0 Å². The summed E-state index contributed by atoms with van der Waals surface area (Å²) in [6, 6.07) is 1.79. The molecule has 0 saturated carbocycles. The number of thiazole rings is 1. The molecule has 0 spiro atoms. The van der Waals surface area contributed by atoms with Gasteiger partial charge >= 0.3 is 0 Å². The summed E-state index contributed by atoms with van der Waals surface area (Å²) in [5.74, 6) is 0.964. The lowest BCUT2D eigenvalue weighted by Crippen LogP contribution is -2.03. The first-order chi connectivity index (χ1) is 10.2. The Morgan fingerprint density at radius 3 is 2.95 bits per heavy atom. The van der Waals surface area contributed by atoms with Crippen LogP contribution >= 0.6 is 11.3 Å². The maximum Gasteiger partial charge on any atom is 0.277 e. The van der Waals surface area contributed by atoms with Gasteiger partial charge in [0.15, 0.2) is 0 Å². The van der Waals surface area contributed by atoms with Crippen molar-refractivity contribution in [3.8, 4) is 23.0 Å². The lowest BCUT2D eigenvalue weighted by atomic mass is 10.1. The molecule has 3 aromatic rings. The number of pyridine rings is 1. The average Bonchev–Trinajstić information content (AvgIpc) is 3.16. The van der Waals surface area contributed by atoms with Crippen LogP contribution in [0.25, 0.3) is 23.0 Å². The maximum absolute atomic E-state index is 5.81. The summed E-state index contributed by atoms with van der Waals surface area (Å²) in [5.41, 5.74) is 8.50. The molecule has 3 rings (SSSR count). The standard InChI is InChI=1S/C14H15N5OS/c1-3-9-6-16-5-4-10(9)12-18-13(20-19-12)11-7-21-14(17-11)8(2)15/h4-8H,3,15H2,1-2H3. The lowest BCUT2D eigenvalue weighted by molar-refractivity contribution is 0.431. The maximum atomic E-state index is 5.81. The van der Waals surface area contributed by atoms with Crippen LogP contribution in [-0.4, -0.2) is 20.1 Å². The molecule has 0 radical (unpaired) electrons. The molecule has 6 nitrogen and oxygen atoms in total. The summed E-state index contributed by atoms with van der Waals surface area (Å²) in [7, 11) is 0. The smallest absolute Gasteiger partial charge is 0.277 e. The Labute approximate surface area is 126 Å². The van der Waals surface area contributed by atoms with Crippen LogP contribution in [0.3, 0.4) is 0 Å². The van der Waals surface area contributed by atoms with Crippen LogP contribution in [0.2, 0.25) is 0 Å². The van der Waals surface area contributed by atoms with Crippen LogP contribution in [0.5, 0.6) is 0 Å². The Balaban J connectivity index is 1.96. The number of nitrogens with two attached hydrogens (primary N) is 1. The van der Waals surface area contributed by atoms with Crippen molar-refractivity contribution in [1.82, 2.24) is 20.1 Å². The van der Waals surface area contributed by atoms with Gasteiger partial charge in [-0.2, -0.15) is 4.98 Å². The molecule has 0 aromatic carbocycles. The first-order valence-electron chi connectivity index (χ1n) is 6.67. The predicted molar refractivity (Wildman–Crippen MR) is 80.6 cm³/mol. The molecule has 108 valence electrons. The van der Waals surface area contributed by atoms with Crippen LogP contribution in [0.4, 0.5) is 0 Å². The summed E-state index contributed by atoms with van der Waals surface area (Å²) in [5, 5.41) is 6.77. The third-order valence-electron chi connectivity index (χ3n) is 3.08. The number of rotatable bonds is 4. The van der Waals surface area contributed by atoms with E-state index in [1.807, 2.05) is 24.6 Å². The number of nitrogens with zero attached hydrogens (tertiary/aromatic N) is 4. The van der Waals surface area contributed by atoms with E-state index >= 15 is 0 Å². The van der Waals surface area contributed by atoms with Gasteiger partial charge in [0.1, 0.15) is 10.7 Å². The topological polar surface area (TPSA) is 90.7 Å². The number of aryl methyl sites for hydroxylation is 1. The molecule has 3 heterocycles. The van der Waals surface area contributed by atoms with Crippen molar-refractivity contribution >= 4 is 11.3 Å². The van der Waals surface area contributed by atoms with E-state index in [1.165, 1.54) is 11.3 Å². The van der Waals surface area contributed by atoms with Crippen LogP contribution in [0.1, 0.15) is 30.5 Å². The minimum Gasteiger partial charge on any atom is -0.332 e. The highest BCUT2D eigenvalue weighted by Crippen LogP contribution is 2.26. The van der Waals surface area contributed by atoms with Crippen molar-refractivity contribution in [1.29, 1.82) is 0 Å². The van der Waals surface area contributed by atoms with Gasteiger partial charge in [-0.3, -0.25) is 4.98 Å². The normalized spacial score (nSPS) is 12.5. The fraction of sp³-hybridized carbons (Fsp3) is 0.286. The second-order valence-electron chi connectivity index (χ2n) is 4.67. The minimum atomic E-state index is -0.0990. The molecule has 0 aliphatic heterocycles. The van der Waals surface area contributed by atoms with Crippen molar-refractivity contribution in [2.45, 2.75) is 26.3 Å². The molecule has 0 aliphatic carbocycles. The molecule has 21 heavy (non-hydrogen) atoms. The van der Waals surface area contributed by atoms with Gasteiger partial charge in [0, 0.05) is 23.3 Å². The van der Waals surface area contributed by atoms with Gasteiger partial charge in [-0.25, -0.2) is 4.98 Å². The van der Waals surface area contributed by atoms with E-state index in [0.29, 0.717) is 17.4 Å². The zero-order valence-electron chi connectivity index (χ0n) is 11.8. The molecule has 1 atom stereocenters. The molecule has 3 aromatic heterocycles. The lowest BCUT2D eigenvalue weighted by Gasteiger charge is -2.00. The molecular formula is C14H15N5OS. The quantitative estimate of drug-likeness (QED) is 0.796. The highest BCUT2D eigenvalue weighted by Gasteiger charge is 2.16. The van der Waals surface area contributed by atoms with Gasteiger partial charge in [0.2, 0.25) is 5.82 Å². The van der Waals surface area contributed by atoms with E-state index in [-0.39, 0.29) is 6.04 Å². The first-order valence-corrected chi connectivity index (χ1v) is 7.55. The largest absolute Gasteiger partial charge is 0.332 e. The third-order valence-corrected chi connectivity index (χ3v) is 4.13. The molecule has 2 N–H and O–H groups in total. The Kier molecular flexibility index (Phi) is 3.76. The Morgan fingerprint density at radius 2 is 2.24 bits per heavy atom. The van der Waals surface area contributed by atoms with Crippen molar-refractivity contribution in [2.24, 2.45) is 5.73 Å². The van der Waals surface area contributed by atoms with Crippen molar-refractivity contribution in [2.75, 3.05) is 0 Å². The highest BCUT2D eigenvalue weighted by atomic mass is 32.1. The average molecular weight is 301 g/mol. The zero-order valence-corrected chi connectivity index (χ0v) is 12.6. The molecule has 0 aliphatic rings. The molecule has 7 heteroatoms. The number of aromatic nitrogens is 4. The van der Waals surface area contributed by atoms with E-state index in [9.17, 15) is 0 Å².